The second-order valence-electron chi connectivity index (χ2n) is 5.58. The third-order valence-corrected chi connectivity index (χ3v) is 4.90. The summed E-state index contributed by atoms with van der Waals surface area (Å²) in [5, 5.41) is 0. The van der Waals surface area contributed by atoms with Crippen LogP contribution in [0.3, 0.4) is 0 Å². The molecule has 1 unspecified atom stereocenters. The number of halogens is 3. The third kappa shape index (κ3) is 3.57. The van der Waals surface area contributed by atoms with Gasteiger partial charge in [-0.05, 0) is 24.8 Å². The Bertz CT molecular complexity index is 503. The molecule has 1 fully saturated rings. The van der Waals surface area contributed by atoms with Gasteiger partial charge in [0.2, 0.25) is 5.91 Å². The Morgan fingerprint density at radius 3 is 2.55 bits per heavy atom. The van der Waals surface area contributed by atoms with Crippen molar-refractivity contribution in [3.8, 4) is 0 Å². The fourth-order valence-corrected chi connectivity index (χ4v) is 2.31. The molecule has 1 atom stereocenters. The maximum absolute atomic E-state index is 13.7. The minimum absolute atomic E-state index is 0.0220. The molecule has 20 heavy (non-hydrogen) atoms. The van der Waals surface area contributed by atoms with Gasteiger partial charge in [0.15, 0.2) is 0 Å². The summed E-state index contributed by atoms with van der Waals surface area (Å²) >= 11 is 3.40. The zero-order valence-electron chi connectivity index (χ0n) is 11.6. The first-order valence-electron chi connectivity index (χ1n) is 6.78. The molecule has 0 bridgehead atoms. The molecule has 2 rings (SSSR count). The molecule has 0 aromatic heterocycles. The van der Waals surface area contributed by atoms with Crippen LogP contribution in [0, 0.1) is 17.6 Å². The molecule has 0 spiro atoms. The van der Waals surface area contributed by atoms with Crippen molar-refractivity contribution in [2.45, 2.75) is 44.1 Å². The molecule has 1 aliphatic rings. The van der Waals surface area contributed by atoms with Crippen LogP contribution in [0.15, 0.2) is 18.2 Å². The Morgan fingerprint density at radius 2 is 2.05 bits per heavy atom. The van der Waals surface area contributed by atoms with Crippen molar-refractivity contribution in [1.82, 2.24) is 4.90 Å². The van der Waals surface area contributed by atoms with E-state index in [4.69, 9.17) is 0 Å². The largest absolute Gasteiger partial charge is 0.334 e. The van der Waals surface area contributed by atoms with Gasteiger partial charge in [0.25, 0.3) is 0 Å². The van der Waals surface area contributed by atoms with Crippen molar-refractivity contribution in [3.63, 3.8) is 0 Å². The summed E-state index contributed by atoms with van der Waals surface area (Å²) in [5.41, 5.74) is 0.357. The second-order valence-corrected chi connectivity index (χ2v) is 6.57. The SMILES string of the molecule is CC(C)C(Br)C(=O)N(Cc1ccc(F)cc1F)C1CC1. The van der Waals surface area contributed by atoms with E-state index in [1.54, 1.807) is 4.90 Å². The number of rotatable bonds is 5. The quantitative estimate of drug-likeness (QED) is 0.741. The summed E-state index contributed by atoms with van der Waals surface area (Å²) < 4.78 is 26.6. The number of alkyl halides is 1. The van der Waals surface area contributed by atoms with E-state index in [1.807, 2.05) is 13.8 Å². The predicted octanol–water partition coefficient (Wildman–Crippen LogP) is 3.88. The molecule has 1 amide bonds. The van der Waals surface area contributed by atoms with Gasteiger partial charge >= 0.3 is 0 Å². The fraction of sp³-hybridized carbons (Fsp3) is 0.533. The number of benzene rings is 1. The molecular formula is C15H18BrF2NO. The molecular weight excluding hydrogens is 328 g/mol. The maximum Gasteiger partial charge on any atom is 0.237 e. The van der Waals surface area contributed by atoms with E-state index in [-0.39, 0.29) is 29.2 Å². The number of amides is 1. The minimum Gasteiger partial charge on any atom is -0.334 e. The topological polar surface area (TPSA) is 20.3 Å². The standard InChI is InChI=1S/C15H18BrF2NO/c1-9(2)14(16)15(20)19(12-5-6-12)8-10-3-4-11(17)7-13(10)18/h3-4,7,9,12,14H,5-6,8H2,1-2H3. The lowest BCUT2D eigenvalue weighted by Gasteiger charge is -2.26. The molecule has 0 aliphatic heterocycles. The molecule has 2 nitrogen and oxygen atoms in total. The molecule has 5 heteroatoms. The van der Waals surface area contributed by atoms with Crippen LogP contribution < -0.4 is 0 Å². The summed E-state index contributed by atoms with van der Waals surface area (Å²) in [6, 6.07) is 3.68. The first-order valence-corrected chi connectivity index (χ1v) is 7.70. The lowest BCUT2D eigenvalue weighted by Crippen LogP contribution is -2.40. The van der Waals surface area contributed by atoms with Crippen LogP contribution in [-0.2, 0) is 11.3 Å². The second kappa shape index (κ2) is 6.20. The normalized spacial score (nSPS) is 16.3. The van der Waals surface area contributed by atoms with Crippen molar-refractivity contribution < 1.29 is 13.6 Å². The van der Waals surface area contributed by atoms with Crippen molar-refractivity contribution in [2.24, 2.45) is 5.92 Å². The zero-order chi connectivity index (χ0) is 14.9. The number of hydrogen-bond donors (Lipinski definition) is 0. The van der Waals surface area contributed by atoms with Gasteiger partial charge in [0, 0.05) is 24.2 Å². The van der Waals surface area contributed by atoms with Crippen LogP contribution in [0.2, 0.25) is 0 Å². The first kappa shape index (κ1) is 15.4. The van der Waals surface area contributed by atoms with Crippen LogP contribution in [-0.4, -0.2) is 21.7 Å². The van der Waals surface area contributed by atoms with Crippen molar-refractivity contribution in [1.29, 1.82) is 0 Å². The number of carbonyl (C=O) groups is 1. The molecule has 1 aliphatic carbocycles. The van der Waals surface area contributed by atoms with Gasteiger partial charge in [-0.15, -0.1) is 0 Å². The predicted molar refractivity (Wildman–Crippen MR) is 77.5 cm³/mol. The van der Waals surface area contributed by atoms with Crippen LogP contribution >= 0.6 is 15.9 Å². The molecule has 1 aromatic carbocycles. The van der Waals surface area contributed by atoms with Gasteiger partial charge in [-0.2, -0.15) is 0 Å². The van der Waals surface area contributed by atoms with Gasteiger partial charge in [-0.25, -0.2) is 8.78 Å². The highest BCUT2D eigenvalue weighted by molar-refractivity contribution is 9.10. The fourth-order valence-electron chi connectivity index (χ4n) is 2.05. The average Bonchev–Trinajstić information content (AvgIpc) is 3.20. The smallest absolute Gasteiger partial charge is 0.237 e. The van der Waals surface area contributed by atoms with Gasteiger partial charge in [0.05, 0.1) is 4.83 Å². The zero-order valence-corrected chi connectivity index (χ0v) is 13.2. The molecule has 1 saturated carbocycles. The monoisotopic (exact) mass is 345 g/mol. The first-order chi connectivity index (χ1) is 9.40. The Kier molecular flexibility index (Phi) is 4.78. The average molecular weight is 346 g/mol. The Hall–Kier alpha value is -0.970. The molecule has 0 saturated heterocycles. The van der Waals surface area contributed by atoms with Crippen LogP contribution in [0.25, 0.3) is 0 Å². The van der Waals surface area contributed by atoms with Crippen molar-refractivity contribution in [3.05, 3.63) is 35.4 Å². The highest BCUT2D eigenvalue weighted by Gasteiger charge is 2.36. The summed E-state index contributed by atoms with van der Waals surface area (Å²) in [6.07, 6.45) is 1.90. The minimum atomic E-state index is -0.601. The van der Waals surface area contributed by atoms with Crippen molar-refractivity contribution in [2.75, 3.05) is 0 Å². The summed E-state index contributed by atoms with van der Waals surface area (Å²) in [7, 11) is 0. The van der Waals surface area contributed by atoms with Crippen LogP contribution in [0.4, 0.5) is 8.78 Å². The van der Waals surface area contributed by atoms with Gasteiger partial charge in [-0.3, -0.25) is 4.79 Å². The number of carbonyl (C=O) groups excluding carboxylic acids is 1. The number of nitrogens with zero attached hydrogens (tertiary/aromatic N) is 1. The maximum atomic E-state index is 13.7. The number of hydrogen-bond acceptors (Lipinski definition) is 1. The molecule has 0 heterocycles. The molecule has 0 N–H and O–H groups in total. The summed E-state index contributed by atoms with van der Waals surface area (Å²) in [6.45, 7) is 4.12. The lowest BCUT2D eigenvalue weighted by atomic mass is 10.1. The summed E-state index contributed by atoms with van der Waals surface area (Å²) in [5.74, 6) is -1.05. The van der Waals surface area contributed by atoms with E-state index in [0.29, 0.717) is 5.56 Å². The highest BCUT2D eigenvalue weighted by atomic mass is 79.9. The van der Waals surface area contributed by atoms with Crippen LogP contribution in [0.1, 0.15) is 32.3 Å². The van der Waals surface area contributed by atoms with E-state index < -0.39 is 11.6 Å². The van der Waals surface area contributed by atoms with Gasteiger partial charge in [0.1, 0.15) is 11.6 Å². The highest BCUT2D eigenvalue weighted by Crippen LogP contribution is 2.31. The van der Waals surface area contributed by atoms with Crippen LogP contribution in [0.5, 0.6) is 0 Å². The van der Waals surface area contributed by atoms with Gasteiger partial charge < -0.3 is 4.90 Å². The lowest BCUT2D eigenvalue weighted by molar-refractivity contribution is -0.132. The summed E-state index contributed by atoms with van der Waals surface area (Å²) in [4.78, 5) is 13.9. The molecule has 1 aromatic rings. The van der Waals surface area contributed by atoms with Gasteiger partial charge in [-0.1, -0.05) is 35.8 Å². The van der Waals surface area contributed by atoms with E-state index >= 15 is 0 Å². The molecule has 110 valence electrons. The van der Waals surface area contributed by atoms with E-state index in [2.05, 4.69) is 15.9 Å². The third-order valence-electron chi connectivity index (χ3n) is 3.45. The van der Waals surface area contributed by atoms with E-state index in [0.717, 1.165) is 18.9 Å². The molecule has 0 radical (unpaired) electrons. The van der Waals surface area contributed by atoms with E-state index in [9.17, 15) is 13.6 Å². The Morgan fingerprint density at radius 1 is 1.40 bits per heavy atom. The van der Waals surface area contributed by atoms with E-state index in [1.165, 1.54) is 12.1 Å². The van der Waals surface area contributed by atoms with Crippen molar-refractivity contribution >= 4 is 21.8 Å². The Labute approximate surface area is 126 Å². The Balaban J connectivity index is 2.15.